The van der Waals surface area contributed by atoms with Gasteiger partial charge in [-0.25, -0.2) is 0 Å². The van der Waals surface area contributed by atoms with Gasteiger partial charge in [0.1, 0.15) is 0 Å². The Morgan fingerprint density at radius 3 is 2.83 bits per heavy atom. The standard InChI is InChI=1S/C15H20N2O/c1-10(2)14(17-18)7-5-12-9-16-15-8-11(3)4-6-13(12)15/h4,6,8-10,16,18H,5,7H2,1-3H3/b17-14+. The molecule has 0 fully saturated rings. The van der Waals surface area contributed by atoms with Gasteiger partial charge in [-0.1, -0.05) is 31.1 Å². The predicted octanol–water partition coefficient (Wildman–Crippen LogP) is 3.90. The highest BCUT2D eigenvalue weighted by Crippen LogP contribution is 2.21. The van der Waals surface area contributed by atoms with Crippen LogP contribution in [0.5, 0.6) is 0 Å². The fourth-order valence-electron chi connectivity index (χ4n) is 2.22. The number of aryl methyl sites for hydroxylation is 2. The Balaban J connectivity index is 2.18. The van der Waals surface area contributed by atoms with E-state index >= 15 is 0 Å². The molecule has 2 rings (SSSR count). The minimum absolute atomic E-state index is 0.294. The molecule has 0 radical (unpaired) electrons. The number of H-pyrrole nitrogens is 1. The molecule has 0 aliphatic carbocycles. The molecule has 3 heteroatoms. The van der Waals surface area contributed by atoms with Crippen LogP contribution in [-0.2, 0) is 6.42 Å². The van der Waals surface area contributed by atoms with E-state index in [0.29, 0.717) is 5.92 Å². The number of aromatic nitrogens is 1. The van der Waals surface area contributed by atoms with Gasteiger partial charge in [-0.3, -0.25) is 0 Å². The summed E-state index contributed by atoms with van der Waals surface area (Å²) in [5, 5.41) is 13.6. The second kappa shape index (κ2) is 5.25. The van der Waals surface area contributed by atoms with Crippen LogP contribution < -0.4 is 0 Å². The molecule has 0 saturated carbocycles. The maximum absolute atomic E-state index is 8.95. The van der Waals surface area contributed by atoms with Crippen molar-refractivity contribution in [2.45, 2.75) is 33.6 Å². The summed E-state index contributed by atoms with van der Waals surface area (Å²) in [6.45, 7) is 6.19. The molecule has 2 aromatic rings. The molecular formula is C15H20N2O. The molecule has 1 heterocycles. The van der Waals surface area contributed by atoms with Crippen molar-refractivity contribution in [1.82, 2.24) is 4.98 Å². The number of hydrogen-bond acceptors (Lipinski definition) is 2. The number of nitrogens with zero attached hydrogens (tertiary/aromatic N) is 1. The first-order valence-corrected chi connectivity index (χ1v) is 6.39. The average Bonchev–Trinajstić information content (AvgIpc) is 2.72. The summed E-state index contributed by atoms with van der Waals surface area (Å²) in [5.41, 5.74) is 4.58. The van der Waals surface area contributed by atoms with Crippen LogP contribution in [0, 0.1) is 12.8 Å². The van der Waals surface area contributed by atoms with Crippen molar-refractivity contribution in [2.24, 2.45) is 11.1 Å². The predicted molar refractivity (Wildman–Crippen MR) is 75.4 cm³/mol. The zero-order valence-electron chi connectivity index (χ0n) is 11.2. The number of fused-ring (bicyclic) bond motifs is 1. The van der Waals surface area contributed by atoms with Gasteiger partial charge in [0.2, 0.25) is 0 Å². The maximum Gasteiger partial charge on any atom is 0.0599 e. The van der Waals surface area contributed by atoms with Gasteiger partial charge in [0, 0.05) is 17.1 Å². The lowest BCUT2D eigenvalue weighted by Gasteiger charge is -2.07. The molecule has 0 bridgehead atoms. The summed E-state index contributed by atoms with van der Waals surface area (Å²) in [4.78, 5) is 3.30. The fourth-order valence-corrected chi connectivity index (χ4v) is 2.22. The van der Waals surface area contributed by atoms with Gasteiger partial charge in [-0.15, -0.1) is 0 Å². The van der Waals surface area contributed by atoms with Crippen molar-refractivity contribution >= 4 is 16.6 Å². The highest BCUT2D eigenvalue weighted by Gasteiger charge is 2.09. The largest absolute Gasteiger partial charge is 0.411 e. The SMILES string of the molecule is Cc1ccc2c(CC/C(=N\O)C(C)C)c[nH]c2c1. The van der Waals surface area contributed by atoms with Gasteiger partial charge in [0.25, 0.3) is 0 Å². The first-order chi connectivity index (χ1) is 8.61. The smallest absolute Gasteiger partial charge is 0.0599 e. The summed E-state index contributed by atoms with van der Waals surface area (Å²) >= 11 is 0. The van der Waals surface area contributed by atoms with Crippen molar-refractivity contribution < 1.29 is 5.21 Å². The topological polar surface area (TPSA) is 48.4 Å². The number of oxime groups is 1. The second-order valence-electron chi connectivity index (χ2n) is 5.11. The first kappa shape index (κ1) is 12.7. The summed E-state index contributed by atoms with van der Waals surface area (Å²) in [5.74, 6) is 0.294. The lowest BCUT2D eigenvalue weighted by Crippen LogP contribution is -2.08. The molecule has 0 saturated heterocycles. The van der Waals surface area contributed by atoms with Crippen molar-refractivity contribution in [3.8, 4) is 0 Å². The Labute approximate surface area is 108 Å². The van der Waals surface area contributed by atoms with E-state index in [1.54, 1.807) is 0 Å². The van der Waals surface area contributed by atoms with Crippen molar-refractivity contribution in [1.29, 1.82) is 0 Å². The van der Waals surface area contributed by atoms with Crippen molar-refractivity contribution in [2.75, 3.05) is 0 Å². The molecule has 0 spiro atoms. The lowest BCUT2D eigenvalue weighted by molar-refractivity contribution is 0.314. The minimum Gasteiger partial charge on any atom is -0.411 e. The normalized spacial score (nSPS) is 12.6. The van der Waals surface area contributed by atoms with E-state index in [0.717, 1.165) is 18.6 Å². The molecule has 1 aromatic carbocycles. The van der Waals surface area contributed by atoms with Crippen LogP contribution in [-0.4, -0.2) is 15.9 Å². The Morgan fingerprint density at radius 2 is 2.17 bits per heavy atom. The van der Waals surface area contributed by atoms with E-state index in [9.17, 15) is 0 Å². The van der Waals surface area contributed by atoms with Gasteiger partial charge in [0.05, 0.1) is 5.71 Å². The van der Waals surface area contributed by atoms with Gasteiger partial charge in [-0.05, 0) is 42.9 Å². The molecular weight excluding hydrogens is 224 g/mol. The van der Waals surface area contributed by atoms with Crippen molar-refractivity contribution in [3.63, 3.8) is 0 Å². The molecule has 2 N–H and O–H groups in total. The lowest BCUT2D eigenvalue weighted by atomic mass is 9.99. The van der Waals surface area contributed by atoms with E-state index in [-0.39, 0.29) is 0 Å². The summed E-state index contributed by atoms with van der Waals surface area (Å²) < 4.78 is 0. The van der Waals surface area contributed by atoms with Crippen LogP contribution >= 0.6 is 0 Å². The highest BCUT2D eigenvalue weighted by molar-refractivity contribution is 5.87. The van der Waals surface area contributed by atoms with Crippen LogP contribution in [0.3, 0.4) is 0 Å². The van der Waals surface area contributed by atoms with Gasteiger partial charge < -0.3 is 10.2 Å². The molecule has 0 unspecified atom stereocenters. The Bertz CT molecular complexity index is 567. The molecule has 0 aliphatic heterocycles. The molecule has 1 aromatic heterocycles. The fraction of sp³-hybridized carbons (Fsp3) is 0.400. The Morgan fingerprint density at radius 1 is 1.39 bits per heavy atom. The number of benzene rings is 1. The summed E-state index contributed by atoms with van der Waals surface area (Å²) in [6.07, 6.45) is 3.76. The molecule has 0 atom stereocenters. The van der Waals surface area contributed by atoms with Crippen LogP contribution in [0.1, 0.15) is 31.4 Å². The third kappa shape index (κ3) is 2.55. The van der Waals surface area contributed by atoms with Gasteiger partial charge >= 0.3 is 0 Å². The quantitative estimate of drug-likeness (QED) is 0.478. The third-order valence-corrected chi connectivity index (χ3v) is 3.37. The van der Waals surface area contributed by atoms with E-state index in [1.165, 1.54) is 22.0 Å². The zero-order valence-corrected chi connectivity index (χ0v) is 11.2. The zero-order chi connectivity index (χ0) is 13.1. The maximum atomic E-state index is 8.95. The van der Waals surface area contributed by atoms with Crippen molar-refractivity contribution in [3.05, 3.63) is 35.5 Å². The Hall–Kier alpha value is -1.77. The molecule has 0 aliphatic rings. The van der Waals surface area contributed by atoms with E-state index in [1.807, 2.05) is 13.8 Å². The Kier molecular flexibility index (Phi) is 3.70. The molecule has 3 nitrogen and oxygen atoms in total. The second-order valence-corrected chi connectivity index (χ2v) is 5.11. The first-order valence-electron chi connectivity index (χ1n) is 6.39. The number of nitrogens with one attached hydrogen (secondary N) is 1. The van der Waals surface area contributed by atoms with E-state index in [2.05, 4.69) is 41.5 Å². The summed E-state index contributed by atoms with van der Waals surface area (Å²) in [6, 6.07) is 6.44. The monoisotopic (exact) mass is 244 g/mol. The highest BCUT2D eigenvalue weighted by atomic mass is 16.4. The van der Waals surface area contributed by atoms with Crippen LogP contribution in [0.4, 0.5) is 0 Å². The number of hydrogen-bond donors (Lipinski definition) is 2. The van der Waals surface area contributed by atoms with E-state index in [4.69, 9.17) is 5.21 Å². The van der Waals surface area contributed by atoms with Gasteiger partial charge in [0.15, 0.2) is 0 Å². The van der Waals surface area contributed by atoms with Crippen LogP contribution in [0.2, 0.25) is 0 Å². The van der Waals surface area contributed by atoms with Crippen LogP contribution in [0.25, 0.3) is 10.9 Å². The summed E-state index contributed by atoms with van der Waals surface area (Å²) in [7, 11) is 0. The molecule has 18 heavy (non-hydrogen) atoms. The number of aromatic amines is 1. The minimum atomic E-state index is 0.294. The van der Waals surface area contributed by atoms with Gasteiger partial charge in [-0.2, -0.15) is 0 Å². The average molecular weight is 244 g/mol. The number of rotatable bonds is 4. The third-order valence-electron chi connectivity index (χ3n) is 3.37. The van der Waals surface area contributed by atoms with E-state index < -0.39 is 0 Å². The van der Waals surface area contributed by atoms with Crippen LogP contribution in [0.15, 0.2) is 29.6 Å². The molecule has 96 valence electrons. The molecule has 0 amide bonds.